The highest BCUT2D eigenvalue weighted by molar-refractivity contribution is 7.75. The third-order valence-electron chi connectivity index (χ3n) is 2.89. The van der Waals surface area contributed by atoms with Crippen LogP contribution in [0.3, 0.4) is 0 Å². The van der Waals surface area contributed by atoms with Crippen LogP contribution in [0.25, 0.3) is 0 Å². The number of rotatable bonds is 2. The summed E-state index contributed by atoms with van der Waals surface area (Å²) in [7, 11) is -4.99. The fourth-order valence-electron chi connectivity index (χ4n) is 1.92. The molecule has 0 amide bonds. The van der Waals surface area contributed by atoms with E-state index in [4.69, 9.17) is 0 Å². The highest BCUT2D eigenvalue weighted by atomic mass is 32.2. The average Bonchev–Trinajstić information content (AvgIpc) is 2.27. The van der Waals surface area contributed by atoms with Crippen molar-refractivity contribution < 1.29 is 16.8 Å². The zero-order valence-electron chi connectivity index (χ0n) is 10.9. The van der Waals surface area contributed by atoms with Gasteiger partial charge in [-0.2, -0.15) is 21.7 Å². The summed E-state index contributed by atoms with van der Waals surface area (Å²) in [6.07, 6.45) is 1.41. The number of allylic oxidation sites excluding steroid dienone is 1. The van der Waals surface area contributed by atoms with E-state index in [1.54, 1.807) is 20.8 Å². The molecule has 0 fully saturated rings. The van der Waals surface area contributed by atoms with Crippen molar-refractivity contribution in [2.24, 2.45) is 10.6 Å². The van der Waals surface area contributed by atoms with Gasteiger partial charge in [-0.3, -0.25) is 0 Å². The van der Waals surface area contributed by atoms with Crippen LogP contribution in [0.15, 0.2) is 16.8 Å². The molecular weight excluding hydrogens is 290 g/mol. The van der Waals surface area contributed by atoms with Gasteiger partial charge in [-0.1, -0.05) is 32.0 Å². The Kier molecular flexibility index (Phi) is 4.81. The van der Waals surface area contributed by atoms with Gasteiger partial charge in [0.05, 0.1) is 9.73 Å². The molecule has 1 unspecified atom stereocenters. The minimum absolute atomic E-state index is 0.0648. The lowest BCUT2D eigenvalue weighted by atomic mass is 9.79. The van der Waals surface area contributed by atoms with E-state index >= 15 is 0 Å². The molecule has 0 aromatic heterocycles. The van der Waals surface area contributed by atoms with Crippen LogP contribution in [0, 0.1) is 10.3 Å². The quantitative estimate of drug-likeness (QED) is 0.559. The summed E-state index contributed by atoms with van der Waals surface area (Å²) in [6, 6.07) is -0.818. The van der Waals surface area contributed by atoms with Gasteiger partial charge in [0.15, 0.2) is 0 Å². The van der Waals surface area contributed by atoms with Gasteiger partial charge in [0.2, 0.25) is 20.6 Å². The normalized spacial score (nSPS) is 17.7. The molecule has 1 aliphatic carbocycles. The molecule has 0 N–H and O–H groups in total. The molecule has 19 heavy (non-hydrogen) atoms. The van der Waals surface area contributed by atoms with Crippen LogP contribution in [0.4, 0.5) is 0 Å². The molecule has 1 aliphatic rings. The van der Waals surface area contributed by atoms with Crippen LogP contribution in [-0.2, 0) is 20.6 Å². The molecule has 0 aromatic rings. The van der Waals surface area contributed by atoms with E-state index in [9.17, 15) is 21.7 Å². The third-order valence-corrected chi connectivity index (χ3v) is 4.45. The maximum atomic E-state index is 11.2. The monoisotopic (exact) mass is 305 g/mol. The Hall–Kier alpha value is -1.28. The fraction of sp³-hybridized carbons (Fsp3) is 0.636. The predicted molar refractivity (Wildman–Crippen MR) is 74.2 cm³/mol. The van der Waals surface area contributed by atoms with Crippen molar-refractivity contribution in [1.82, 2.24) is 0 Å². The van der Waals surface area contributed by atoms with Crippen molar-refractivity contribution in [2.45, 2.75) is 39.7 Å². The van der Waals surface area contributed by atoms with E-state index < -0.39 is 32.0 Å². The van der Waals surface area contributed by atoms with Crippen molar-refractivity contribution in [2.75, 3.05) is 0 Å². The van der Waals surface area contributed by atoms with Crippen LogP contribution in [0.1, 0.15) is 33.6 Å². The highest BCUT2D eigenvalue weighted by Gasteiger charge is 2.34. The molecule has 0 saturated heterocycles. The van der Waals surface area contributed by atoms with Crippen molar-refractivity contribution in [3.8, 4) is 0 Å². The number of hydrogen-bond donors (Lipinski definition) is 0. The lowest BCUT2D eigenvalue weighted by Crippen LogP contribution is -2.33. The largest absolute Gasteiger partial charge is 0.218 e. The van der Waals surface area contributed by atoms with Gasteiger partial charge in [0, 0.05) is 12.8 Å². The molecule has 0 aromatic carbocycles. The second kappa shape index (κ2) is 5.79. The standard InChI is InChI=1S/C11H15NO5S2/c1-11(2,3)10(12-13)8-5-4-7(18(14)15)6-9(8)19(16)17/h5,10H,4,6H2,1-3H3. The molecule has 1 rings (SSSR count). The molecule has 8 heteroatoms. The first-order valence-corrected chi connectivity index (χ1v) is 7.75. The van der Waals surface area contributed by atoms with E-state index in [0.29, 0.717) is 5.57 Å². The molecule has 106 valence electrons. The zero-order valence-corrected chi connectivity index (χ0v) is 12.5. The van der Waals surface area contributed by atoms with Crippen LogP contribution in [0.5, 0.6) is 0 Å². The van der Waals surface area contributed by atoms with Gasteiger partial charge in [-0.15, -0.1) is 0 Å². The lowest BCUT2D eigenvalue weighted by molar-refractivity contribution is 0.359. The van der Waals surface area contributed by atoms with E-state index in [-0.39, 0.29) is 22.6 Å². The summed E-state index contributed by atoms with van der Waals surface area (Å²) in [5.41, 5.74) is -0.225. The van der Waals surface area contributed by atoms with E-state index in [1.807, 2.05) is 0 Å². The summed E-state index contributed by atoms with van der Waals surface area (Å²) in [5, 5.41) is 3.01. The Morgan fingerprint density at radius 1 is 1.16 bits per heavy atom. The molecule has 0 radical (unpaired) electrons. The van der Waals surface area contributed by atoms with Crippen molar-refractivity contribution >= 4 is 30.3 Å². The van der Waals surface area contributed by atoms with Gasteiger partial charge in [0.25, 0.3) is 0 Å². The van der Waals surface area contributed by atoms with Gasteiger partial charge in [-0.05, 0) is 11.0 Å². The van der Waals surface area contributed by atoms with Gasteiger partial charge >= 0.3 is 0 Å². The Balaban J connectivity index is 3.47. The minimum Gasteiger partial charge on any atom is -0.185 e. The molecule has 0 bridgehead atoms. The molecule has 0 heterocycles. The zero-order chi connectivity index (χ0) is 14.8. The summed E-state index contributed by atoms with van der Waals surface area (Å²) in [6.45, 7) is 5.32. The molecule has 1 atom stereocenters. The Bertz CT molecular complexity index is 674. The average molecular weight is 305 g/mol. The maximum Gasteiger partial charge on any atom is 0.218 e. The van der Waals surface area contributed by atoms with Gasteiger partial charge in [0.1, 0.15) is 6.04 Å². The second-order valence-corrected chi connectivity index (χ2v) is 7.35. The Morgan fingerprint density at radius 2 is 1.74 bits per heavy atom. The predicted octanol–water partition coefficient (Wildman–Crippen LogP) is 0.991. The molecular formula is C11H15NO5S2. The molecule has 0 aliphatic heterocycles. The fourth-order valence-corrected chi connectivity index (χ4v) is 3.17. The van der Waals surface area contributed by atoms with E-state index in [0.717, 1.165) is 0 Å². The topological polar surface area (TPSA) is 97.7 Å². The van der Waals surface area contributed by atoms with E-state index in [2.05, 4.69) is 5.18 Å². The van der Waals surface area contributed by atoms with Gasteiger partial charge < -0.3 is 0 Å². The maximum absolute atomic E-state index is 11.2. The van der Waals surface area contributed by atoms with Crippen molar-refractivity contribution in [3.05, 3.63) is 16.6 Å². The number of hydrogen-bond acceptors (Lipinski definition) is 6. The second-order valence-electron chi connectivity index (χ2n) is 5.35. The SMILES string of the molecule is CC(C)(C)C(N=O)C1=CCC(=S(=O)=O)CC1=S(=O)=O. The van der Waals surface area contributed by atoms with Crippen LogP contribution < -0.4 is 0 Å². The summed E-state index contributed by atoms with van der Waals surface area (Å²) < 4.78 is 44.3. The first-order chi connectivity index (χ1) is 8.68. The summed E-state index contributed by atoms with van der Waals surface area (Å²) in [4.78, 5) is 11.0. The molecule has 0 saturated carbocycles. The first kappa shape index (κ1) is 15.8. The third kappa shape index (κ3) is 3.60. The van der Waals surface area contributed by atoms with Gasteiger partial charge in [-0.25, -0.2) is 0 Å². The highest BCUT2D eigenvalue weighted by Crippen LogP contribution is 2.31. The molecule has 0 spiro atoms. The number of nitroso groups, excluding NO2 is 1. The smallest absolute Gasteiger partial charge is 0.185 e. The Morgan fingerprint density at radius 3 is 2.11 bits per heavy atom. The summed E-state index contributed by atoms with van der Waals surface area (Å²) >= 11 is 0. The lowest BCUT2D eigenvalue weighted by Gasteiger charge is -2.28. The molecule has 6 nitrogen and oxygen atoms in total. The minimum atomic E-state index is -2.57. The summed E-state index contributed by atoms with van der Waals surface area (Å²) in [5.74, 6) is 0. The van der Waals surface area contributed by atoms with Crippen LogP contribution in [-0.4, -0.2) is 32.6 Å². The van der Waals surface area contributed by atoms with Crippen molar-refractivity contribution in [3.63, 3.8) is 0 Å². The number of nitrogens with zero attached hydrogens (tertiary/aromatic N) is 1. The first-order valence-electron chi connectivity index (χ1n) is 5.60. The Labute approximate surface area is 114 Å². The van der Waals surface area contributed by atoms with E-state index in [1.165, 1.54) is 6.08 Å². The van der Waals surface area contributed by atoms with Crippen molar-refractivity contribution in [1.29, 1.82) is 0 Å². The van der Waals surface area contributed by atoms with Crippen LogP contribution >= 0.6 is 0 Å². The van der Waals surface area contributed by atoms with Crippen LogP contribution in [0.2, 0.25) is 0 Å².